The second-order valence-corrected chi connectivity index (χ2v) is 38.1. The third kappa shape index (κ3) is 33.2. The molecule has 0 aliphatic carbocycles. The van der Waals surface area contributed by atoms with Gasteiger partial charge in [-0.25, -0.2) is 0 Å². The van der Waals surface area contributed by atoms with E-state index in [2.05, 4.69) is 156 Å². The van der Waals surface area contributed by atoms with Crippen LogP contribution in [0.2, 0.25) is 0 Å². The van der Waals surface area contributed by atoms with Gasteiger partial charge in [0.1, 0.15) is 76.5 Å². The number of carbonyl (C=O) groups excluding carboxylic acids is 1. The molecule has 0 saturated heterocycles. The molecule has 147 heavy (non-hydrogen) atoms. The average molecular weight is 2030 g/mol. The van der Waals surface area contributed by atoms with E-state index in [1.807, 2.05) is 109 Å². The molecule has 0 spiro atoms. The first-order valence-electron chi connectivity index (χ1n) is 50.2. The van der Waals surface area contributed by atoms with Crippen molar-refractivity contribution in [2.45, 2.75) is 255 Å². The highest BCUT2D eigenvalue weighted by atomic mass is 16.7. The van der Waals surface area contributed by atoms with Crippen molar-refractivity contribution in [3.8, 4) is 63.2 Å². The number of hydrogen-bond donors (Lipinski definition) is 8. The molecule has 4 unspecified atom stereocenters. The molecule has 8 N–H and O–H groups in total. The van der Waals surface area contributed by atoms with Gasteiger partial charge >= 0.3 is 5.97 Å². The van der Waals surface area contributed by atoms with E-state index in [1.54, 1.807) is 71.1 Å². The third-order valence-corrected chi connectivity index (χ3v) is 27.2. The summed E-state index contributed by atoms with van der Waals surface area (Å²) in [6.07, 6.45) is 5.81. The molecule has 11 aromatic carbocycles. The van der Waals surface area contributed by atoms with Crippen molar-refractivity contribution >= 4 is 5.97 Å². The molecular formula is C121H160O26. The zero-order valence-corrected chi connectivity index (χ0v) is 90.7. The Morgan fingerprint density at radius 2 is 0.571 bits per heavy atom. The van der Waals surface area contributed by atoms with Gasteiger partial charge in [-0.15, -0.1) is 0 Å². The molecule has 0 saturated carbocycles. The van der Waals surface area contributed by atoms with Gasteiger partial charge in [-0.05, 0) is 226 Å². The minimum Gasteiger partial charge on any atom is -0.507 e. The largest absolute Gasteiger partial charge is 0.507 e. The number of esters is 1. The van der Waals surface area contributed by atoms with E-state index in [-0.39, 0.29) is 95.6 Å². The zero-order chi connectivity index (χ0) is 108. The standard InChI is InChI=1S/C53H68O10.C24H32O5.C23H32O4.C21H28O7/c1-12-35(2)36-13-19-48(20-14-36)62-21-22-63-51-41(33-60-10)27-47(28-42(51)34-61-11)53(5,46-25-39(31-58-8)50(55)40(26-46)32-59-9)44-17-15-43(16-18-44)52(3,4)45-23-37(29-56-6)49(54)38(24-45)30-57-7;1-6-17(2)20-7-9-23(10-8-20)28-12-11-19-13-21(15-26-4)24(29-18(3)25)22(14-19)16-27-5;1-6-23(2,3)20-7-9-21(10-8-20)27-12-11-17-13-18(15-25-4)22(24)19(14-17)16-26-5;1-3-13(2)14-4-6-15(7-5-14)27-12-28-21-18(10-24)16(8-22)20(26)17(9-23)19(21)11-25/h13-20,23-28,35,54-55H,12,21-22,29-34H2,1-11H3;7-10,13-14,17H,6,11-12,15-16H2,1-5H3;7-10,13-14,24H,6,11-12,15-16H2,1-5H3;4-7,13,22-26H,3,8-12H2,1-2H3. The van der Waals surface area contributed by atoms with Crippen molar-refractivity contribution in [1.29, 1.82) is 0 Å². The van der Waals surface area contributed by atoms with Gasteiger partial charge in [-0.2, -0.15) is 0 Å². The van der Waals surface area contributed by atoms with Gasteiger partial charge < -0.3 is 121 Å². The fraction of sp³-hybridized carbons (Fsp3) is 0.446. The number of methoxy groups -OCH3 is 10. The number of phenolic OH excluding ortho intramolecular Hbond substituents is 3. The Morgan fingerprint density at radius 3 is 0.898 bits per heavy atom. The van der Waals surface area contributed by atoms with Crippen molar-refractivity contribution in [3.63, 3.8) is 0 Å². The van der Waals surface area contributed by atoms with Crippen molar-refractivity contribution in [2.24, 2.45) is 0 Å². The topological polar surface area (TPSA) is 336 Å². The fourth-order valence-corrected chi connectivity index (χ4v) is 17.5. The number of aliphatic hydroxyl groups excluding tert-OH is 4. The second-order valence-electron chi connectivity index (χ2n) is 38.1. The first kappa shape index (κ1) is 121. The van der Waals surface area contributed by atoms with Crippen LogP contribution in [0.4, 0.5) is 0 Å². The predicted molar refractivity (Wildman–Crippen MR) is 572 cm³/mol. The SMILES string of the molecule is CCC(C)(C)c1ccc(OCCc2cc(COC)c(O)c(COC)c2)cc1.CCC(C)c1ccc(OCCOc2c(COC)cc(C(C)(c3ccc(C(C)(C)c4cc(COC)c(O)c(COC)c4)cc3)c3cc(COC)c(O)c(COC)c3)cc2COC)cc1.CCC(C)c1ccc(OCCc2cc(COC)c(OC(C)=O)c(COC)c2)cc1.CCC(C)c1ccc(OCOc2c(CO)c(CO)c(O)c(CO)c2CO)cc1. The first-order chi connectivity index (χ1) is 70.7. The Hall–Kier alpha value is -11.7. The quantitative estimate of drug-likeness (QED) is 0.00577. The third-order valence-electron chi connectivity index (χ3n) is 27.2. The second kappa shape index (κ2) is 60.7. The van der Waals surface area contributed by atoms with Crippen LogP contribution in [0.15, 0.2) is 182 Å². The van der Waals surface area contributed by atoms with Gasteiger partial charge in [0, 0.05) is 180 Å². The maximum atomic E-state index is 11.5. The van der Waals surface area contributed by atoms with Crippen LogP contribution in [0, 0.1) is 0 Å². The number of ether oxygens (including phenoxy) is 17. The van der Waals surface area contributed by atoms with Crippen molar-refractivity contribution in [2.75, 3.05) is 104 Å². The Balaban J connectivity index is 0.000000262. The molecule has 800 valence electrons. The van der Waals surface area contributed by atoms with E-state index in [4.69, 9.17) is 80.5 Å². The first-order valence-corrected chi connectivity index (χ1v) is 50.2. The summed E-state index contributed by atoms with van der Waals surface area (Å²) < 4.78 is 95.8. The van der Waals surface area contributed by atoms with Crippen LogP contribution in [0.25, 0.3) is 0 Å². The van der Waals surface area contributed by atoms with Crippen LogP contribution in [-0.2, 0) is 174 Å². The molecule has 0 bridgehead atoms. The van der Waals surface area contributed by atoms with Crippen molar-refractivity contribution in [1.82, 2.24) is 0 Å². The highest BCUT2D eigenvalue weighted by molar-refractivity contribution is 5.71. The number of rotatable bonds is 55. The van der Waals surface area contributed by atoms with Gasteiger partial charge in [0.2, 0.25) is 6.79 Å². The molecule has 0 aromatic heterocycles. The predicted octanol–water partition coefficient (Wildman–Crippen LogP) is 23.0. The van der Waals surface area contributed by atoms with Gasteiger partial charge in [0.15, 0.2) is 0 Å². The summed E-state index contributed by atoms with van der Waals surface area (Å²) in [5.74, 6) is 5.76. The maximum Gasteiger partial charge on any atom is 0.308 e. The molecule has 26 heteroatoms. The normalized spacial score (nSPS) is 12.4. The van der Waals surface area contributed by atoms with Crippen LogP contribution < -0.4 is 33.2 Å². The summed E-state index contributed by atoms with van der Waals surface area (Å²) in [7, 11) is 16.3. The lowest BCUT2D eigenvalue weighted by Crippen LogP contribution is -2.27. The average Bonchev–Trinajstić information content (AvgIpc) is 0.739. The lowest BCUT2D eigenvalue weighted by atomic mass is 9.68. The fourth-order valence-electron chi connectivity index (χ4n) is 17.5. The Bertz CT molecular complexity index is 5670. The molecule has 0 fully saturated rings. The maximum absolute atomic E-state index is 11.5. The molecule has 0 aliphatic rings. The highest BCUT2D eigenvalue weighted by Crippen LogP contribution is 2.48. The molecule has 11 aromatic rings. The van der Waals surface area contributed by atoms with Crippen LogP contribution in [0.3, 0.4) is 0 Å². The number of aromatic hydroxyl groups is 4. The minimum absolute atomic E-state index is 0.0386. The summed E-state index contributed by atoms with van der Waals surface area (Å²) in [6.45, 7) is 30.1. The van der Waals surface area contributed by atoms with E-state index in [1.165, 1.54) is 29.2 Å². The lowest BCUT2D eigenvalue weighted by Gasteiger charge is -2.35. The summed E-state index contributed by atoms with van der Waals surface area (Å²) >= 11 is 0. The van der Waals surface area contributed by atoms with Gasteiger partial charge in [-0.1, -0.05) is 149 Å². The number of carbonyl (C=O) groups is 1. The number of hydrogen-bond acceptors (Lipinski definition) is 26. The monoisotopic (exact) mass is 2030 g/mol. The molecule has 0 radical (unpaired) electrons. The van der Waals surface area contributed by atoms with E-state index < -0.39 is 37.3 Å². The molecule has 0 aliphatic heterocycles. The Kier molecular flexibility index (Phi) is 49.8. The molecule has 0 heterocycles. The van der Waals surface area contributed by atoms with Crippen molar-refractivity contribution < 1.29 is 126 Å². The number of benzene rings is 11. The van der Waals surface area contributed by atoms with Crippen LogP contribution in [-0.4, -0.2) is 151 Å². The van der Waals surface area contributed by atoms with Crippen molar-refractivity contribution in [3.05, 3.63) is 321 Å². The Labute approximate surface area is 871 Å². The molecular weight excluding hydrogens is 1870 g/mol. The van der Waals surface area contributed by atoms with E-state index in [0.29, 0.717) is 123 Å². The van der Waals surface area contributed by atoms with Gasteiger partial charge in [-0.3, -0.25) is 4.79 Å². The summed E-state index contributed by atoms with van der Waals surface area (Å²) in [6, 6.07) is 61.5. The number of aliphatic hydroxyl groups is 4. The van der Waals surface area contributed by atoms with E-state index >= 15 is 0 Å². The van der Waals surface area contributed by atoms with E-state index in [9.17, 15) is 45.6 Å². The van der Waals surface area contributed by atoms with Gasteiger partial charge in [0.05, 0.1) is 106 Å². The summed E-state index contributed by atoms with van der Waals surface area (Å²) in [5.41, 5.74) is 19.3. The van der Waals surface area contributed by atoms with Gasteiger partial charge in [0.25, 0.3) is 0 Å². The van der Waals surface area contributed by atoms with Crippen LogP contribution in [0.5, 0.6) is 63.2 Å². The minimum atomic E-state index is -0.786. The zero-order valence-electron chi connectivity index (χ0n) is 90.7. The number of phenols is 4. The van der Waals surface area contributed by atoms with Crippen LogP contribution >= 0.6 is 0 Å². The van der Waals surface area contributed by atoms with E-state index in [0.717, 1.165) is 128 Å². The lowest BCUT2D eigenvalue weighted by molar-refractivity contribution is -0.132. The summed E-state index contributed by atoms with van der Waals surface area (Å²) in [5, 5.41) is 81.3. The molecule has 0 amide bonds. The summed E-state index contributed by atoms with van der Waals surface area (Å²) in [4.78, 5) is 11.5. The molecule has 11 rings (SSSR count). The molecule has 4 atom stereocenters. The van der Waals surface area contributed by atoms with Crippen LogP contribution in [0.1, 0.15) is 273 Å². The molecule has 26 nitrogen and oxygen atoms in total. The highest BCUT2D eigenvalue weighted by Gasteiger charge is 2.37. The Morgan fingerprint density at radius 1 is 0.293 bits per heavy atom. The smallest absolute Gasteiger partial charge is 0.308 e.